The number of nitrogens with one attached hydrogen (secondary N) is 1. The molecule has 0 aliphatic rings. The third-order valence-corrected chi connectivity index (χ3v) is 2.91. The summed E-state index contributed by atoms with van der Waals surface area (Å²) < 4.78 is 9.20. The van der Waals surface area contributed by atoms with Crippen molar-refractivity contribution in [2.75, 3.05) is 7.05 Å². The second-order valence-corrected chi connectivity index (χ2v) is 5.50. The topological polar surface area (TPSA) is 76.7 Å². The fraction of sp³-hybridized carbons (Fsp3) is 0.600. The van der Waals surface area contributed by atoms with Crippen LogP contribution in [0.4, 0.5) is 0 Å². The minimum absolute atomic E-state index is 0.0834. The van der Waals surface area contributed by atoms with Crippen molar-refractivity contribution in [1.82, 2.24) is 25.0 Å². The van der Waals surface area contributed by atoms with Crippen LogP contribution in [0.15, 0.2) is 4.52 Å². The molecule has 2 heterocycles. The summed E-state index contributed by atoms with van der Waals surface area (Å²) in [6.45, 7) is 6.83. The molecule has 6 nitrogen and oxygen atoms in total. The molecular weight excluding hydrogens is 238 g/mol. The average molecular weight is 253 g/mol. The van der Waals surface area contributed by atoms with E-state index in [2.05, 4.69) is 45.8 Å². The van der Waals surface area contributed by atoms with Gasteiger partial charge in [0.15, 0.2) is 5.82 Å². The molecule has 0 saturated heterocycles. The Bertz CT molecular complexity index is 499. The molecule has 0 unspecified atom stereocenters. The van der Waals surface area contributed by atoms with Crippen molar-refractivity contribution in [3.8, 4) is 10.8 Å². The minimum Gasteiger partial charge on any atom is -0.333 e. The quantitative estimate of drug-likeness (QED) is 0.895. The molecule has 2 rings (SSSR count). The van der Waals surface area contributed by atoms with Crippen LogP contribution < -0.4 is 5.32 Å². The predicted molar refractivity (Wildman–Crippen MR) is 64.7 cm³/mol. The first kappa shape index (κ1) is 12.1. The van der Waals surface area contributed by atoms with Gasteiger partial charge in [0.25, 0.3) is 5.89 Å². The third kappa shape index (κ3) is 2.50. The van der Waals surface area contributed by atoms with E-state index in [1.807, 2.05) is 7.05 Å². The van der Waals surface area contributed by atoms with Gasteiger partial charge in [0.1, 0.15) is 4.88 Å². The maximum absolute atomic E-state index is 5.23. The van der Waals surface area contributed by atoms with Gasteiger partial charge >= 0.3 is 0 Å². The predicted octanol–water partition coefficient (Wildman–Crippen LogP) is 1.60. The molecule has 2 aromatic heterocycles. The molecule has 17 heavy (non-hydrogen) atoms. The maximum Gasteiger partial charge on any atom is 0.271 e. The van der Waals surface area contributed by atoms with E-state index >= 15 is 0 Å². The highest BCUT2D eigenvalue weighted by molar-refractivity contribution is 7.09. The molecule has 0 aliphatic carbocycles. The molecule has 0 bridgehead atoms. The smallest absolute Gasteiger partial charge is 0.271 e. The van der Waals surface area contributed by atoms with Crippen molar-refractivity contribution in [3.05, 3.63) is 11.5 Å². The summed E-state index contributed by atoms with van der Waals surface area (Å²) in [5.74, 6) is 1.13. The fourth-order valence-electron chi connectivity index (χ4n) is 1.40. The molecule has 0 aliphatic heterocycles. The Hall–Kier alpha value is -1.34. The molecule has 1 N–H and O–H groups in total. The molecule has 0 fully saturated rings. The van der Waals surface area contributed by atoms with Crippen molar-refractivity contribution in [2.45, 2.75) is 32.7 Å². The van der Waals surface area contributed by atoms with E-state index in [0.717, 1.165) is 10.6 Å². The molecule has 0 radical (unpaired) electrons. The molecule has 0 saturated carbocycles. The zero-order valence-electron chi connectivity index (χ0n) is 10.3. The van der Waals surface area contributed by atoms with Crippen LogP contribution in [0.1, 0.15) is 32.3 Å². The number of nitrogens with zero attached hydrogens (tertiary/aromatic N) is 4. The molecule has 2 aromatic rings. The van der Waals surface area contributed by atoms with E-state index in [1.165, 1.54) is 11.5 Å². The van der Waals surface area contributed by atoms with E-state index in [4.69, 9.17) is 4.52 Å². The SMILES string of the molecule is CNCc1noc(-c2snnc2C(C)(C)C)n1. The van der Waals surface area contributed by atoms with E-state index < -0.39 is 0 Å². The van der Waals surface area contributed by atoms with Gasteiger partial charge in [-0.25, -0.2) is 0 Å². The van der Waals surface area contributed by atoms with E-state index in [-0.39, 0.29) is 5.41 Å². The number of hydrogen-bond donors (Lipinski definition) is 1. The first-order valence-corrected chi connectivity index (χ1v) is 6.10. The Kier molecular flexibility index (Phi) is 3.21. The fourth-order valence-corrected chi connectivity index (χ4v) is 2.20. The lowest BCUT2D eigenvalue weighted by molar-refractivity contribution is 0.420. The zero-order chi connectivity index (χ0) is 12.5. The molecule has 0 atom stereocenters. The van der Waals surface area contributed by atoms with Crippen molar-refractivity contribution < 1.29 is 4.52 Å². The number of hydrogen-bond acceptors (Lipinski definition) is 7. The second-order valence-electron chi connectivity index (χ2n) is 4.75. The molecule has 0 spiro atoms. The van der Waals surface area contributed by atoms with E-state index in [9.17, 15) is 0 Å². The Morgan fingerprint density at radius 2 is 2.12 bits per heavy atom. The maximum atomic E-state index is 5.23. The van der Waals surface area contributed by atoms with Gasteiger partial charge in [0.05, 0.1) is 12.2 Å². The van der Waals surface area contributed by atoms with Crippen molar-refractivity contribution in [3.63, 3.8) is 0 Å². The highest BCUT2D eigenvalue weighted by atomic mass is 32.1. The minimum atomic E-state index is -0.0834. The average Bonchev–Trinajstić information content (AvgIpc) is 2.82. The van der Waals surface area contributed by atoms with Gasteiger partial charge in [0.2, 0.25) is 0 Å². The van der Waals surface area contributed by atoms with Crippen LogP contribution in [0.5, 0.6) is 0 Å². The van der Waals surface area contributed by atoms with Gasteiger partial charge in [-0.1, -0.05) is 30.4 Å². The first-order chi connectivity index (χ1) is 8.02. The number of rotatable bonds is 3. The molecule has 92 valence electrons. The lowest BCUT2D eigenvalue weighted by Gasteiger charge is -2.14. The first-order valence-electron chi connectivity index (χ1n) is 5.32. The van der Waals surface area contributed by atoms with Crippen LogP contribution in [-0.4, -0.2) is 26.8 Å². The lowest BCUT2D eigenvalue weighted by Crippen LogP contribution is -2.13. The van der Waals surface area contributed by atoms with Gasteiger partial charge in [0, 0.05) is 5.41 Å². The molecule has 7 heteroatoms. The van der Waals surface area contributed by atoms with Gasteiger partial charge in [-0.2, -0.15) is 4.98 Å². The number of aromatic nitrogens is 4. The summed E-state index contributed by atoms with van der Waals surface area (Å²) >= 11 is 1.28. The summed E-state index contributed by atoms with van der Waals surface area (Å²) in [5.41, 5.74) is 0.808. The van der Waals surface area contributed by atoms with Gasteiger partial charge in [-0.3, -0.25) is 0 Å². The van der Waals surface area contributed by atoms with Crippen LogP contribution in [0, 0.1) is 0 Å². The molecule has 0 amide bonds. The zero-order valence-corrected chi connectivity index (χ0v) is 11.1. The van der Waals surface area contributed by atoms with Gasteiger partial charge in [-0.15, -0.1) is 5.10 Å². The largest absolute Gasteiger partial charge is 0.333 e. The summed E-state index contributed by atoms with van der Waals surface area (Å²) in [6, 6.07) is 0. The van der Waals surface area contributed by atoms with Crippen LogP contribution in [-0.2, 0) is 12.0 Å². The Morgan fingerprint density at radius 1 is 1.35 bits per heavy atom. The summed E-state index contributed by atoms with van der Waals surface area (Å²) in [4.78, 5) is 5.16. The Morgan fingerprint density at radius 3 is 2.76 bits per heavy atom. The Labute approximate surface area is 104 Å². The summed E-state index contributed by atoms with van der Waals surface area (Å²) in [7, 11) is 1.84. The highest BCUT2D eigenvalue weighted by Crippen LogP contribution is 2.32. The van der Waals surface area contributed by atoms with Crippen molar-refractivity contribution >= 4 is 11.5 Å². The molecular formula is C10H15N5OS. The lowest BCUT2D eigenvalue weighted by atomic mass is 9.91. The standard InChI is InChI=1S/C10H15N5OS/c1-10(2,3)8-7(17-15-13-8)9-12-6(5-11-4)14-16-9/h11H,5H2,1-4H3. The second kappa shape index (κ2) is 4.50. The van der Waals surface area contributed by atoms with Crippen molar-refractivity contribution in [1.29, 1.82) is 0 Å². The normalized spacial score (nSPS) is 12.0. The van der Waals surface area contributed by atoms with E-state index in [1.54, 1.807) is 0 Å². The van der Waals surface area contributed by atoms with Gasteiger partial charge in [-0.05, 0) is 18.6 Å². The Balaban J connectivity index is 2.36. The van der Waals surface area contributed by atoms with Crippen LogP contribution in [0.25, 0.3) is 10.8 Å². The highest BCUT2D eigenvalue weighted by Gasteiger charge is 2.26. The summed E-state index contributed by atoms with van der Waals surface area (Å²) in [5, 5.41) is 11.0. The molecule has 0 aromatic carbocycles. The monoisotopic (exact) mass is 253 g/mol. The van der Waals surface area contributed by atoms with Crippen molar-refractivity contribution in [2.24, 2.45) is 0 Å². The third-order valence-electron chi connectivity index (χ3n) is 2.20. The van der Waals surface area contributed by atoms with Gasteiger partial charge < -0.3 is 9.84 Å². The van der Waals surface area contributed by atoms with Crippen LogP contribution >= 0.6 is 11.5 Å². The van der Waals surface area contributed by atoms with Crippen LogP contribution in [0.3, 0.4) is 0 Å². The van der Waals surface area contributed by atoms with E-state index in [0.29, 0.717) is 18.3 Å². The summed E-state index contributed by atoms with van der Waals surface area (Å²) in [6.07, 6.45) is 0. The van der Waals surface area contributed by atoms with Crippen LogP contribution in [0.2, 0.25) is 0 Å².